The average Bonchev–Trinajstić information content (AvgIpc) is 2.66. The third-order valence-corrected chi connectivity index (χ3v) is 6.65. The lowest BCUT2D eigenvalue weighted by molar-refractivity contribution is -0.0923. The van der Waals surface area contributed by atoms with Gasteiger partial charge < -0.3 is 9.05 Å². The largest absolute Gasteiger partial charge is 0.312 e. The Labute approximate surface area is 112 Å². The molecular formula is C14H26NO2P. The molecule has 3 fully saturated rings. The second kappa shape index (κ2) is 5.01. The van der Waals surface area contributed by atoms with E-state index >= 15 is 0 Å². The third kappa shape index (κ3) is 2.04. The van der Waals surface area contributed by atoms with E-state index in [2.05, 4.69) is 18.8 Å². The lowest BCUT2D eigenvalue weighted by atomic mass is 9.66. The van der Waals surface area contributed by atoms with Crippen LogP contribution < -0.4 is 0 Å². The van der Waals surface area contributed by atoms with Crippen LogP contribution in [0.15, 0.2) is 0 Å². The lowest BCUT2D eigenvalue weighted by Crippen LogP contribution is -2.53. The maximum absolute atomic E-state index is 6.51. The molecule has 0 aromatic rings. The summed E-state index contributed by atoms with van der Waals surface area (Å²) in [5.41, 5.74) is 0.114. The van der Waals surface area contributed by atoms with E-state index in [0.29, 0.717) is 0 Å². The fraction of sp³-hybridized carbons (Fsp3) is 1.00. The molecule has 3 rings (SSSR count). The Bertz CT molecular complexity index is 270. The summed E-state index contributed by atoms with van der Waals surface area (Å²) in [6.07, 6.45) is 12.9. The molecule has 0 unspecified atom stereocenters. The van der Waals surface area contributed by atoms with Gasteiger partial charge in [-0.15, -0.1) is 0 Å². The number of fused-ring (bicyclic) bond motifs is 1. The van der Waals surface area contributed by atoms with Gasteiger partial charge in [-0.3, -0.25) is 0 Å². The van der Waals surface area contributed by atoms with E-state index in [0.717, 1.165) is 0 Å². The molecule has 1 aliphatic heterocycles. The van der Waals surface area contributed by atoms with Crippen molar-refractivity contribution in [1.82, 2.24) is 4.67 Å². The summed E-state index contributed by atoms with van der Waals surface area (Å²) in [7, 11) is 3.36. The van der Waals surface area contributed by atoms with Gasteiger partial charge in [0.15, 0.2) is 0 Å². The Hall–Kier alpha value is 0.310. The molecule has 0 radical (unpaired) electrons. The molecular weight excluding hydrogens is 245 g/mol. The van der Waals surface area contributed by atoms with Crippen LogP contribution in [0.1, 0.15) is 64.2 Å². The van der Waals surface area contributed by atoms with Crippen molar-refractivity contribution in [2.24, 2.45) is 0 Å². The van der Waals surface area contributed by atoms with Crippen molar-refractivity contribution < 1.29 is 9.05 Å². The van der Waals surface area contributed by atoms with Crippen LogP contribution in [0.2, 0.25) is 0 Å². The fourth-order valence-electron chi connectivity index (χ4n) is 3.99. The van der Waals surface area contributed by atoms with Crippen molar-refractivity contribution in [3.63, 3.8) is 0 Å². The summed E-state index contributed by atoms with van der Waals surface area (Å²) in [6.45, 7) is 0. The summed E-state index contributed by atoms with van der Waals surface area (Å²) in [6, 6.07) is 0. The van der Waals surface area contributed by atoms with Crippen molar-refractivity contribution in [2.45, 2.75) is 75.4 Å². The van der Waals surface area contributed by atoms with E-state index in [1.807, 2.05) is 0 Å². The Morgan fingerprint density at radius 1 is 0.722 bits per heavy atom. The topological polar surface area (TPSA) is 21.7 Å². The van der Waals surface area contributed by atoms with Gasteiger partial charge in [0.2, 0.25) is 0 Å². The monoisotopic (exact) mass is 271 g/mol. The van der Waals surface area contributed by atoms with Gasteiger partial charge in [-0.2, -0.15) is 0 Å². The SMILES string of the molecule is CN(C)P1OC2(CCCCC2)C2(CCCCC2)O1. The second-order valence-electron chi connectivity index (χ2n) is 6.38. The molecule has 2 saturated carbocycles. The van der Waals surface area contributed by atoms with Crippen LogP contribution in [-0.2, 0) is 9.05 Å². The molecule has 3 nitrogen and oxygen atoms in total. The van der Waals surface area contributed by atoms with Gasteiger partial charge >= 0.3 is 0 Å². The first-order valence-corrected chi connectivity index (χ1v) is 8.66. The van der Waals surface area contributed by atoms with Gasteiger partial charge in [0.25, 0.3) is 8.53 Å². The highest BCUT2D eigenvalue weighted by Crippen LogP contribution is 2.66. The molecule has 104 valence electrons. The standard InChI is InChI=1S/C14H26NO2P/c1-15(2)18-16-13(9-5-3-6-10-13)14(17-18)11-7-4-8-12-14/h3-12H2,1-2H3. The van der Waals surface area contributed by atoms with Crippen LogP contribution in [0, 0.1) is 0 Å². The molecule has 0 amide bonds. The van der Waals surface area contributed by atoms with Crippen LogP contribution in [0.5, 0.6) is 0 Å². The van der Waals surface area contributed by atoms with E-state index in [4.69, 9.17) is 9.05 Å². The molecule has 0 aromatic heterocycles. The Balaban J connectivity index is 1.87. The molecule has 3 aliphatic rings. The highest BCUT2D eigenvalue weighted by molar-refractivity contribution is 7.44. The van der Waals surface area contributed by atoms with Crippen LogP contribution in [-0.4, -0.2) is 30.0 Å². The first kappa shape index (κ1) is 13.3. The lowest BCUT2D eigenvalue weighted by Gasteiger charge is -2.46. The first-order chi connectivity index (χ1) is 8.68. The maximum Gasteiger partial charge on any atom is 0.259 e. The van der Waals surface area contributed by atoms with Gasteiger partial charge in [-0.1, -0.05) is 38.5 Å². The van der Waals surface area contributed by atoms with Gasteiger partial charge in [-0.05, 0) is 39.8 Å². The van der Waals surface area contributed by atoms with Crippen molar-refractivity contribution >= 4 is 8.53 Å². The van der Waals surface area contributed by atoms with E-state index in [9.17, 15) is 0 Å². The minimum Gasteiger partial charge on any atom is -0.312 e. The summed E-state index contributed by atoms with van der Waals surface area (Å²) >= 11 is 0. The third-order valence-electron chi connectivity index (χ3n) is 4.99. The quantitative estimate of drug-likeness (QED) is 0.666. The zero-order valence-corrected chi connectivity index (χ0v) is 12.7. The molecule has 0 bridgehead atoms. The predicted molar refractivity (Wildman–Crippen MR) is 74.4 cm³/mol. The highest BCUT2D eigenvalue weighted by atomic mass is 31.2. The summed E-state index contributed by atoms with van der Waals surface area (Å²) < 4.78 is 15.2. The summed E-state index contributed by atoms with van der Waals surface area (Å²) in [5.74, 6) is 0. The van der Waals surface area contributed by atoms with Gasteiger partial charge in [0.05, 0.1) is 0 Å². The van der Waals surface area contributed by atoms with Crippen LogP contribution >= 0.6 is 8.53 Å². The van der Waals surface area contributed by atoms with Crippen molar-refractivity contribution in [3.05, 3.63) is 0 Å². The second-order valence-corrected chi connectivity index (χ2v) is 8.02. The number of hydrogen-bond acceptors (Lipinski definition) is 3. The molecule has 0 atom stereocenters. The van der Waals surface area contributed by atoms with E-state index in [1.165, 1.54) is 64.2 Å². The summed E-state index contributed by atoms with van der Waals surface area (Å²) in [5, 5.41) is 0. The summed E-state index contributed by atoms with van der Waals surface area (Å²) in [4.78, 5) is 0. The number of nitrogens with zero attached hydrogens (tertiary/aromatic N) is 1. The van der Waals surface area contributed by atoms with Crippen molar-refractivity contribution in [1.29, 1.82) is 0 Å². The predicted octanol–water partition coefficient (Wildman–Crippen LogP) is 4.23. The molecule has 1 heterocycles. The number of hydrogen-bond donors (Lipinski definition) is 0. The molecule has 0 N–H and O–H groups in total. The molecule has 1 saturated heterocycles. The minimum absolute atomic E-state index is 0.0572. The Morgan fingerprint density at radius 2 is 1.11 bits per heavy atom. The zero-order chi connectivity index (χ0) is 12.6. The van der Waals surface area contributed by atoms with E-state index in [1.54, 1.807) is 0 Å². The maximum atomic E-state index is 6.51. The normalized spacial score (nSPS) is 31.5. The molecule has 18 heavy (non-hydrogen) atoms. The Kier molecular flexibility index (Phi) is 3.70. The van der Waals surface area contributed by atoms with Crippen molar-refractivity contribution in [2.75, 3.05) is 14.1 Å². The van der Waals surface area contributed by atoms with Crippen LogP contribution in [0.3, 0.4) is 0 Å². The van der Waals surface area contributed by atoms with Crippen LogP contribution in [0.4, 0.5) is 0 Å². The number of rotatable bonds is 1. The average molecular weight is 271 g/mol. The van der Waals surface area contributed by atoms with Crippen molar-refractivity contribution in [3.8, 4) is 0 Å². The van der Waals surface area contributed by atoms with E-state index in [-0.39, 0.29) is 11.2 Å². The Morgan fingerprint density at radius 3 is 1.44 bits per heavy atom. The van der Waals surface area contributed by atoms with Crippen LogP contribution in [0.25, 0.3) is 0 Å². The molecule has 0 aromatic carbocycles. The smallest absolute Gasteiger partial charge is 0.259 e. The van der Waals surface area contributed by atoms with E-state index < -0.39 is 8.53 Å². The van der Waals surface area contributed by atoms with Gasteiger partial charge in [-0.25, -0.2) is 4.67 Å². The molecule has 2 aliphatic carbocycles. The molecule has 2 spiro atoms. The zero-order valence-electron chi connectivity index (χ0n) is 11.8. The fourth-order valence-corrected chi connectivity index (χ4v) is 5.65. The highest BCUT2D eigenvalue weighted by Gasteiger charge is 2.61. The minimum atomic E-state index is -0.814. The van der Waals surface area contributed by atoms with Gasteiger partial charge in [0.1, 0.15) is 11.2 Å². The molecule has 4 heteroatoms. The first-order valence-electron chi connectivity index (χ1n) is 7.53. The van der Waals surface area contributed by atoms with Gasteiger partial charge in [0, 0.05) is 0 Å².